The van der Waals surface area contributed by atoms with Crippen LogP contribution >= 0.6 is 0 Å². The maximum atomic E-state index is 12.0. The minimum absolute atomic E-state index is 0.392. The van der Waals surface area contributed by atoms with Gasteiger partial charge in [0, 0.05) is 23.5 Å². The summed E-state index contributed by atoms with van der Waals surface area (Å²) in [5.41, 5.74) is 5.61. The minimum atomic E-state index is -0.400. The molecule has 0 atom stereocenters. The van der Waals surface area contributed by atoms with Crippen LogP contribution in [-0.2, 0) is 0 Å². The molecule has 1 heterocycles. The molecule has 0 aliphatic heterocycles. The van der Waals surface area contributed by atoms with Gasteiger partial charge in [-0.05, 0) is 42.8 Å². The highest BCUT2D eigenvalue weighted by molar-refractivity contribution is 5.99. The normalized spacial score (nSPS) is 10.1. The van der Waals surface area contributed by atoms with Gasteiger partial charge in [-0.25, -0.2) is 0 Å². The summed E-state index contributed by atoms with van der Waals surface area (Å²) in [4.78, 5) is 27.7. The van der Waals surface area contributed by atoms with Gasteiger partial charge in [0.1, 0.15) is 5.75 Å². The van der Waals surface area contributed by atoms with Crippen molar-refractivity contribution in [3.05, 3.63) is 59.9 Å². The lowest BCUT2D eigenvalue weighted by atomic mass is 10.2. The number of hydrogen-bond donors (Lipinski definition) is 2. The van der Waals surface area contributed by atoms with E-state index in [1.54, 1.807) is 36.4 Å². The highest BCUT2D eigenvalue weighted by atomic mass is 16.5. The number of hydrazine groups is 1. The standard InChI is InChI=1S/C19H23N3O3/c1-2-3-4-5-14-25-17-8-6-15(7-9-17)18(23)21-22-19(24)16-10-12-20-13-11-16/h6-13H,2-5,14H2,1H3,(H,21,23)(H,22,24). The lowest BCUT2D eigenvalue weighted by Crippen LogP contribution is -2.41. The zero-order valence-electron chi connectivity index (χ0n) is 14.3. The van der Waals surface area contributed by atoms with E-state index in [-0.39, 0.29) is 0 Å². The molecule has 0 spiro atoms. The second kappa shape index (κ2) is 10.1. The van der Waals surface area contributed by atoms with Gasteiger partial charge in [-0.15, -0.1) is 0 Å². The summed E-state index contributed by atoms with van der Waals surface area (Å²) in [5, 5.41) is 0. The Balaban J connectivity index is 1.77. The van der Waals surface area contributed by atoms with Crippen LogP contribution in [0.5, 0.6) is 5.75 Å². The van der Waals surface area contributed by atoms with Crippen LogP contribution in [0.3, 0.4) is 0 Å². The number of aromatic nitrogens is 1. The molecule has 132 valence electrons. The molecule has 0 aliphatic carbocycles. The predicted molar refractivity (Wildman–Crippen MR) is 95.2 cm³/mol. The van der Waals surface area contributed by atoms with Gasteiger partial charge in [-0.2, -0.15) is 0 Å². The Morgan fingerprint density at radius 3 is 2.08 bits per heavy atom. The molecule has 1 aromatic carbocycles. The Morgan fingerprint density at radius 1 is 0.880 bits per heavy atom. The fourth-order valence-corrected chi connectivity index (χ4v) is 2.18. The van der Waals surface area contributed by atoms with Crippen LogP contribution in [0.15, 0.2) is 48.8 Å². The molecule has 0 aliphatic rings. The molecular formula is C19H23N3O3. The molecule has 6 heteroatoms. The predicted octanol–water partition coefficient (Wildman–Crippen LogP) is 3.12. The van der Waals surface area contributed by atoms with E-state index in [0.29, 0.717) is 17.7 Å². The monoisotopic (exact) mass is 341 g/mol. The number of rotatable bonds is 8. The molecule has 2 aromatic rings. The van der Waals surface area contributed by atoms with Gasteiger partial charge in [0.25, 0.3) is 11.8 Å². The topological polar surface area (TPSA) is 80.3 Å². The summed E-state index contributed by atoms with van der Waals surface area (Å²) in [6.45, 7) is 2.84. The second-order valence-corrected chi connectivity index (χ2v) is 5.58. The van der Waals surface area contributed by atoms with E-state index >= 15 is 0 Å². The van der Waals surface area contributed by atoms with E-state index in [4.69, 9.17) is 4.74 Å². The summed E-state index contributed by atoms with van der Waals surface area (Å²) < 4.78 is 5.64. The summed E-state index contributed by atoms with van der Waals surface area (Å²) in [6, 6.07) is 9.95. The van der Waals surface area contributed by atoms with Crippen molar-refractivity contribution in [3.63, 3.8) is 0 Å². The highest BCUT2D eigenvalue weighted by Gasteiger charge is 2.09. The molecule has 2 N–H and O–H groups in total. The van der Waals surface area contributed by atoms with Crippen molar-refractivity contribution < 1.29 is 14.3 Å². The quantitative estimate of drug-likeness (QED) is 0.571. The molecule has 0 saturated carbocycles. The SMILES string of the molecule is CCCCCCOc1ccc(C(=O)NNC(=O)c2ccncc2)cc1. The molecule has 0 radical (unpaired) electrons. The van der Waals surface area contributed by atoms with E-state index in [9.17, 15) is 9.59 Å². The molecule has 6 nitrogen and oxygen atoms in total. The van der Waals surface area contributed by atoms with Crippen molar-refractivity contribution in [3.8, 4) is 5.75 Å². The van der Waals surface area contributed by atoms with Crippen LogP contribution in [0.2, 0.25) is 0 Å². The summed E-state index contributed by atoms with van der Waals surface area (Å²) in [7, 11) is 0. The smallest absolute Gasteiger partial charge is 0.269 e. The number of carbonyl (C=O) groups is 2. The van der Waals surface area contributed by atoms with Crippen LogP contribution in [0, 0.1) is 0 Å². The molecular weight excluding hydrogens is 318 g/mol. The average molecular weight is 341 g/mol. The molecule has 0 bridgehead atoms. The summed E-state index contributed by atoms with van der Waals surface area (Å²) in [6.07, 6.45) is 7.62. The Morgan fingerprint density at radius 2 is 1.48 bits per heavy atom. The molecule has 2 rings (SSSR count). The molecule has 25 heavy (non-hydrogen) atoms. The third-order valence-corrected chi connectivity index (χ3v) is 3.62. The Labute approximate surface area is 147 Å². The van der Waals surface area contributed by atoms with Crippen LogP contribution < -0.4 is 15.6 Å². The number of ether oxygens (including phenoxy) is 1. The van der Waals surface area contributed by atoms with Crippen molar-refractivity contribution in [2.24, 2.45) is 0 Å². The molecule has 0 unspecified atom stereocenters. The third-order valence-electron chi connectivity index (χ3n) is 3.62. The molecule has 2 amide bonds. The molecule has 0 saturated heterocycles. The number of pyridine rings is 1. The Bertz CT molecular complexity index is 672. The average Bonchev–Trinajstić information content (AvgIpc) is 2.67. The fraction of sp³-hybridized carbons (Fsp3) is 0.316. The van der Waals surface area contributed by atoms with E-state index < -0.39 is 11.8 Å². The van der Waals surface area contributed by atoms with Crippen LogP contribution in [-0.4, -0.2) is 23.4 Å². The number of hydrogen-bond acceptors (Lipinski definition) is 4. The van der Waals surface area contributed by atoms with Crippen molar-refractivity contribution in [2.75, 3.05) is 6.61 Å². The van der Waals surface area contributed by atoms with Gasteiger partial charge >= 0.3 is 0 Å². The van der Waals surface area contributed by atoms with Crippen molar-refractivity contribution in [1.29, 1.82) is 0 Å². The first kappa shape index (κ1) is 18.4. The van der Waals surface area contributed by atoms with Crippen LogP contribution in [0.4, 0.5) is 0 Å². The number of benzene rings is 1. The zero-order valence-corrected chi connectivity index (χ0v) is 14.3. The summed E-state index contributed by atoms with van der Waals surface area (Å²) >= 11 is 0. The minimum Gasteiger partial charge on any atom is -0.494 e. The van der Waals surface area contributed by atoms with Gasteiger partial charge in [-0.1, -0.05) is 26.2 Å². The van der Waals surface area contributed by atoms with Crippen molar-refractivity contribution in [1.82, 2.24) is 15.8 Å². The zero-order chi connectivity index (χ0) is 17.9. The van der Waals surface area contributed by atoms with Gasteiger partial charge in [0.15, 0.2) is 0 Å². The second-order valence-electron chi connectivity index (χ2n) is 5.58. The van der Waals surface area contributed by atoms with Crippen LogP contribution in [0.1, 0.15) is 53.3 Å². The molecule has 0 fully saturated rings. The Kier molecular flexibility index (Phi) is 7.43. The lowest BCUT2D eigenvalue weighted by molar-refractivity contribution is 0.0846. The van der Waals surface area contributed by atoms with Crippen molar-refractivity contribution >= 4 is 11.8 Å². The number of amides is 2. The number of carbonyl (C=O) groups excluding carboxylic acids is 2. The van der Waals surface area contributed by atoms with Crippen molar-refractivity contribution in [2.45, 2.75) is 32.6 Å². The summed E-state index contributed by atoms with van der Waals surface area (Å²) in [5.74, 6) is -0.0615. The number of nitrogens with zero attached hydrogens (tertiary/aromatic N) is 1. The van der Waals surface area contributed by atoms with E-state index in [1.807, 2.05) is 0 Å². The fourth-order valence-electron chi connectivity index (χ4n) is 2.18. The first-order chi connectivity index (χ1) is 12.2. The number of nitrogens with one attached hydrogen (secondary N) is 2. The molecule has 1 aromatic heterocycles. The van der Waals surface area contributed by atoms with Gasteiger partial charge in [-0.3, -0.25) is 25.4 Å². The van der Waals surface area contributed by atoms with Crippen LogP contribution in [0.25, 0.3) is 0 Å². The maximum absolute atomic E-state index is 12.0. The van der Waals surface area contributed by atoms with E-state index in [1.165, 1.54) is 25.2 Å². The first-order valence-corrected chi connectivity index (χ1v) is 8.44. The van der Waals surface area contributed by atoms with E-state index in [0.717, 1.165) is 18.6 Å². The lowest BCUT2D eigenvalue weighted by Gasteiger charge is -2.09. The van der Waals surface area contributed by atoms with Gasteiger partial charge in [0.2, 0.25) is 0 Å². The van der Waals surface area contributed by atoms with E-state index in [2.05, 4.69) is 22.8 Å². The first-order valence-electron chi connectivity index (χ1n) is 8.44. The maximum Gasteiger partial charge on any atom is 0.269 e. The third kappa shape index (κ3) is 6.25. The number of unbranched alkanes of at least 4 members (excludes halogenated alkanes) is 3. The highest BCUT2D eigenvalue weighted by Crippen LogP contribution is 2.13. The Hall–Kier alpha value is -2.89. The largest absolute Gasteiger partial charge is 0.494 e. The van der Waals surface area contributed by atoms with Gasteiger partial charge < -0.3 is 4.74 Å². The van der Waals surface area contributed by atoms with Gasteiger partial charge in [0.05, 0.1) is 6.61 Å².